The first-order valence-corrected chi connectivity index (χ1v) is 8.37. The summed E-state index contributed by atoms with van der Waals surface area (Å²) in [7, 11) is 3.82. The first kappa shape index (κ1) is 21.2. The van der Waals surface area contributed by atoms with Gasteiger partial charge in [0.25, 0.3) is 0 Å². The molecule has 2 rings (SSSR count). The number of benzene rings is 1. The van der Waals surface area contributed by atoms with Gasteiger partial charge in [0.1, 0.15) is 0 Å². The zero-order chi connectivity index (χ0) is 16.5. The monoisotopic (exact) mass is 447 g/mol. The van der Waals surface area contributed by atoms with Crippen molar-refractivity contribution in [2.45, 2.75) is 26.5 Å². The lowest BCUT2D eigenvalue weighted by molar-refractivity contribution is 0.181. The maximum absolute atomic E-state index is 5.47. The lowest BCUT2D eigenvalue weighted by Crippen LogP contribution is -2.41. The van der Waals surface area contributed by atoms with Crippen LogP contribution in [0.4, 0.5) is 0 Å². The Morgan fingerprint density at radius 2 is 2.12 bits per heavy atom. The number of ether oxygens (including phenoxy) is 2. The molecule has 136 valence electrons. The molecule has 1 fully saturated rings. The summed E-state index contributed by atoms with van der Waals surface area (Å²) in [6, 6.07) is 8.31. The maximum atomic E-state index is 5.47. The van der Waals surface area contributed by atoms with Crippen molar-refractivity contribution in [3.8, 4) is 0 Å². The highest BCUT2D eigenvalue weighted by Crippen LogP contribution is 2.14. The van der Waals surface area contributed by atoms with Gasteiger partial charge >= 0.3 is 0 Å². The standard InChI is InChI=1S/C18H29N3O2.HI/c1-4-19-18(21(2)12-15-9-10-23-13-15)20-11-16-7-5-6-8-17(16)14-22-3;/h5-8,15H,4,9-14H2,1-3H3,(H,19,20);1H. The molecule has 0 aromatic heterocycles. The topological polar surface area (TPSA) is 46.1 Å². The van der Waals surface area contributed by atoms with E-state index in [0.29, 0.717) is 19.1 Å². The predicted molar refractivity (Wildman–Crippen MR) is 109 cm³/mol. The van der Waals surface area contributed by atoms with Gasteiger partial charge in [0.15, 0.2) is 5.96 Å². The first-order chi connectivity index (χ1) is 11.2. The van der Waals surface area contributed by atoms with Crippen molar-refractivity contribution < 1.29 is 9.47 Å². The number of hydrogen-bond acceptors (Lipinski definition) is 3. The second-order valence-electron chi connectivity index (χ2n) is 5.98. The number of methoxy groups -OCH3 is 1. The average molecular weight is 447 g/mol. The Bertz CT molecular complexity index is 505. The summed E-state index contributed by atoms with van der Waals surface area (Å²) in [5.41, 5.74) is 2.41. The van der Waals surface area contributed by atoms with Crippen molar-refractivity contribution in [2.24, 2.45) is 10.9 Å². The molecule has 1 atom stereocenters. The molecule has 1 aliphatic heterocycles. The molecule has 0 saturated carbocycles. The van der Waals surface area contributed by atoms with Gasteiger partial charge in [-0.15, -0.1) is 24.0 Å². The Labute approximate surface area is 162 Å². The fraction of sp³-hybridized carbons (Fsp3) is 0.611. The Morgan fingerprint density at radius 1 is 1.38 bits per heavy atom. The molecule has 0 amide bonds. The van der Waals surface area contributed by atoms with Gasteiger partial charge in [0, 0.05) is 39.8 Å². The zero-order valence-corrected chi connectivity index (χ0v) is 17.3. The molecule has 0 spiro atoms. The number of nitrogens with one attached hydrogen (secondary N) is 1. The number of aliphatic imine (C=N–C) groups is 1. The normalized spacial score (nSPS) is 17.5. The molecular weight excluding hydrogens is 417 g/mol. The largest absolute Gasteiger partial charge is 0.381 e. The molecule has 1 unspecified atom stereocenters. The minimum Gasteiger partial charge on any atom is -0.381 e. The lowest BCUT2D eigenvalue weighted by atomic mass is 10.1. The number of hydrogen-bond donors (Lipinski definition) is 1. The summed E-state index contributed by atoms with van der Waals surface area (Å²) < 4.78 is 10.7. The van der Waals surface area contributed by atoms with Crippen molar-refractivity contribution in [1.82, 2.24) is 10.2 Å². The molecule has 1 saturated heterocycles. The molecule has 1 N–H and O–H groups in total. The molecule has 0 bridgehead atoms. The highest BCUT2D eigenvalue weighted by Gasteiger charge is 2.19. The third-order valence-electron chi connectivity index (χ3n) is 4.07. The van der Waals surface area contributed by atoms with Crippen LogP contribution in [0.1, 0.15) is 24.5 Å². The van der Waals surface area contributed by atoms with Crippen molar-refractivity contribution in [3.05, 3.63) is 35.4 Å². The smallest absolute Gasteiger partial charge is 0.193 e. The van der Waals surface area contributed by atoms with Crippen LogP contribution in [0.25, 0.3) is 0 Å². The summed E-state index contributed by atoms with van der Waals surface area (Å²) in [5, 5.41) is 3.38. The lowest BCUT2D eigenvalue weighted by Gasteiger charge is -2.24. The van der Waals surface area contributed by atoms with Crippen molar-refractivity contribution >= 4 is 29.9 Å². The van der Waals surface area contributed by atoms with E-state index in [1.807, 2.05) is 6.07 Å². The van der Waals surface area contributed by atoms with Crippen LogP contribution in [0, 0.1) is 5.92 Å². The minimum atomic E-state index is 0. The van der Waals surface area contributed by atoms with Crippen LogP contribution in [0.5, 0.6) is 0 Å². The minimum absolute atomic E-state index is 0. The van der Waals surface area contributed by atoms with Crippen LogP contribution in [-0.2, 0) is 22.6 Å². The quantitative estimate of drug-likeness (QED) is 0.397. The average Bonchev–Trinajstić information content (AvgIpc) is 3.06. The van der Waals surface area contributed by atoms with Crippen molar-refractivity contribution in [2.75, 3.05) is 40.5 Å². The number of nitrogens with zero attached hydrogens (tertiary/aromatic N) is 2. The van der Waals surface area contributed by atoms with Gasteiger partial charge in [-0.05, 0) is 24.5 Å². The first-order valence-electron chi connectivity index (χ1n) is 8.37. The van der Waals surface area contributed by atoms with Gasteiger partial charge in [-0.1, -0.05) is 24.3 Å². The van der Waals surface area contributed by atoms with Crippen LogP contribution in [0.2, 0.25) is 0 Å². The van der Waals surface area contributed by atoms with E-state index in [9.17, 15) is 0 Å². The molecule has 1 aliphatic rings. The Balaban J connectivity index is 0.00000288. The van der Waals surface area contributed by atoms with Crippen LogP contribution in [0.15, 0.2) is 29.3 Å². The van der Waals surface area contributed by atoms with Gasteiger partial charge in [-0.3, -0.25) is 0 Å². The van der Waals surface area contributed by atoms with Gasteiger partial charge in [0.2, 0.25) is 0 Å². The van der Waals surface area contributed by atoms with E-state index in [2.05, 4.69) is 42.4 Å². The van der Waals surface area contributed by atoms with Crippen LogP contribution in [-0.4, -0.2) is 51.3 Å². The summed E-state index contributed by atoms with van der Waals surface area (Å²) >= 11 is 0. The highest BCUT2D eigenvalue weighted by molar-refractivity contribution is 14.0. The number of rotatable bonds is 7. The van der Waals surface area contributed by atoms with E-state index < -0.39 is 0 Å². The Kier molecular flexibility index (Phi) is 10.3. The molecule has 0 radical (unpaired) electrons. The Hall–Kier alpha value is -0.860. The SMILES string of the molecule is CCNC(=NCc1ccccc1COC)N(C)CC1CCOC1.I. The fourth-order valence-electron chi connectivity index (χ4n) is 2.84. The van der Waals surface area contributed by atoms with E-state index in [1.54, 1.807) is 7.11 Å². The van der Waals surface area contributed by atoms with Crippen LogP contribution < -0.4 is 5.32 Å². The molecular formula is C18H30IN3O2. The van der Waals surface area contributed by atoms with Gasteiger partial charge in [-0.25, -0.2) is 4.99 Å². The summed E-state index contributed by atoms with van der Waals surface area (Å²) in [6.45, 7) is 6.97. The fourth-order valence-corrected chi connectivity index (χ4v) is 2.84. The summed E-state index contributed by atoms with van der Waals surface area (Å²) in [6.07, 6.45) is 1.14. The molecule has 6 heteroatoms. The number of halogens is 1. The Morgan fingerprint density at radius 3 is 2.75 bits per heavy atom. The van der Waals surface area contributed by atoms with Gasteiger partial charge in [-0.2, -0.15) is 0 Å². The van der Waals surface area contributed by atoms with E-state index in [-0.39, 0.29) is 24.0 Å². The van der Waals surface area contributed by atoms with Gasteiger partial charge in [0.05, 0.1) is 19.8 Å². The third-order valence-corrected chi connectivity index (χ3v) is 4.07. The van der Waals surface area contributed by atoms with Crippen molar-refractivity contribution in [1.29, 1.82) is 0 Å². The van der Waals surface area contributed by atoms with E-state index in [0.717, 1.165) is 38.7 Å². The molecule has 1 aromatic rings. The van der Waals surface area contributed by atoms with E-state index in [4.69, 9.17) is 14.5 Å². The molecule has 24 heavy (non-hydrogen) atoms. The van der Waals surface area contributed by atoms with E-state index >= 15 is 0 Å². The second-order valence-corrected chi connectivity index (χ2v) is 5.98. The number of guanidine groups is 1. The molecule has 0 aliphatic carbocycles. The van der Waals surface area contributed by atoms with Crippen molar-refractivity contribution in [3.63, 3.8) is 0 Å². The van der Waals surface area contributed by atoms with Crippen LogP contribution >= 0.6 is 24.0 Å². The highest BCUT2D eigenvalue weighted by atomic mass is 127. The maximum Gasteiger partial charge on any atom is 0.193 e. The van der Waals surface area contributed by atoms with Gasteiger partial charge < -0.3 is 19.7 Å². The molecule has 1 aromatic carbocycles. The molecule has 5 nitrogen and oxygen atoms in total. The molecule has 1 heterocycles. The van der Waals surface area contributed by atoms with Crippen LogP contribution in [0.3, 0.4) is 0 Å². The summed E-state index contributed by atoms with van der Waals surface area (Å²) in [5.74, 6) is 1.55. The van der Waals surface area contributed by atoms with E-state index in [1.165, 1.54) is 11.1 Å². The summed E-state index contributed by atoms with van der Waals surface area (Å²) in [4.78, 5) is 7.01. The third kappa shape index (κ3) is 6.57. The predicted octanol–water partition coefficient (Wildman–Crippen LogP) is 2.88. The zero-order valence-electron chi connectivity index (χ0n) is 15.0. The second kappa shape index (κ2) is 11.7.